The first kappa shape index (κ1) is 12.0. The molecule has 6 nitrogen and oxygen atoms in total. The second-order valence-electron chi connectivity index (χ2n) is 4.03. The number of para-hydroxylation sites is 2. The van der Waals surface area contributed by atoms with E-state index >= 15 is 0 Å². The lowest BCUT2D eigenvalue weighted by Gasteiger charge is -2.06. The van der Waals surface area contributed by atoms with E-state index < -0.39 is 4.92 Å². The molecule has 1 heterocycles. The molecule has 0 fully saturated rings. The van der Waals surface area contributed by atoms with E-state index in [9.17, 15) is 10.1 Å². The molecular formula is C14H9N3O3. The summed E-state index contributed by atoms with van der Waals surface area (Å²) in [6.45, 7) is 0. The molecule has 0 bridgehead atoms. The van der Waals surface area contributed by atoms with Gasteiger partial charge < -0.3 is 4.74 Å². The van der Waals surface area contributed by atoms with Crippen LogP contribution in [-0.2, 0) is 0 Å². The first-order valence-corrected chi connectivity index (χ1v) is 5.86. The highest BCUT2D eigenvalue weighted by atomic mass is 16.6. The van der Waals surface area contributed by atoms with Crippen LogP contribution >= 0.6 is 0 Å². The van der Waals surface area contributed by atoms with Crippen molar-refractivity contribution in [2.45, 2.75) is 0 Å². The van der Waals surface area contributed by atoms with Crippen molar-refractivity contribution in [3.8, 4) is 11.5 Å². The van der Waals surface area contributed by atoms with Crippen LogP contribution in [0.2, 0.25) is 0 Å². The van der Waals surface area contributed by atoms with Gasteiger partial charge in [-0.3, -0.25) is 20.1 Å². The maximum Gasteiger partial charge on any atom is 0.311 e. The number of fused-ring (bicyclic) bond motifs is 1. The molecule has 0 radical (unpaired) electrons. The van der Waals surface area contributed by atoms with Gasteiger partial charge in [0.05, 0.1) is 16.0 Å². The number of nitro groups is 1. The van der Waals surface area contributed by atoms with Crippen LogP contribution in [-0.4, -0.2) is 14.9 Å². The Morgan fingerprint density at radius 3 is 2.55 bits per heavy atom. The summed E-state index contributed by atoms with van der Waals surface area (Å²) in [5.41, 5.74) is 1.33. The molecule has 1 aromatic heterocycles. The van der Waals surface area contributed by atoms with Gasteiger partial charge in [-0.1, -0.05) is 12.1 Å². The molecule has 0 N–H and O–H groups in total. The molecule has 0 spiro atoms. The number of rotatable bonds is 3. The summed E-state index contributed by atoms with van der Waals surface area (Å²) in [7, 11) is 0. The third-order valence-electron chi connectivity index (χ3n) is 2.73. The second kappa shape index (κ2) is 4.93. The van der Waals surface area contributed by atoms with E-state index in [2.05, 4.69) is 9.97 Å². The predicted molar refractivity (Wildman–Crippen MR) is 72.7 cm³/mol. The summed E-state index contributed by atoms with van der Waals surface area (Å²) in [5.74, 6) is 0.674. The SMILES string of the molecule is O=[N+]([O-])c1ccccc1Oc1ccc2nccnc2c1. The monoisotopic (exact) mass is 267 g/mol. The van der Waals surface area contributed by atoms with Crippen molar-refractivity contribution in [2.24, 2.45) is 0 Å². The van der Waals surface area contributed by atoms with Crippen LogP contribution in [0.5, 0.6) is 11.5 Å². The summed E-state index contributed by atoms with van der Waals surface area (Å²) in [6, 6.07) is 11.4. The zero-order valence-electron chi connectivity index (χ0n) is 10.3. The largest absolute Gasteiger partial charge is 0.450 e. The van der Waals surface area contributed by atoms with Gasteiger partial charge in [-0.05, 0) is 18.2 Å². The van der Waals surface area contributed by atoms with Crippen molar-refractivity contribution in [3.63, 3.8) is 0 Å². The Morgan fingerprint density at radius 1 is 1.00 bits per heavy atom. The van der Waals surface area contributed by atoms with E-state index in [-0.39, 0.29) is 11.4 Å². The van der Waals surface area contributed by atoms with E-state index in [0.717, 1.165) is 5.52 Å². The molecule has 0 aliphatic rings. The topological polar surface area (TPSA) is 78.2 Å². The van der Waals surface area contributed by atoms with Crippen LogP contribution in [0, 0.1) is 10.1 Å². The average molecular weight is 267 g/mol. The lowest BCUT2D eigenvalue weighted by Crippen LogP contribution is -1.93. The van der Waals surface area contributed by atoms with Gasteiger partial charge in [0, 0.05) is 24.5 Å². The fraction of sp³-hybridized carbons (Fsp3) is 0. The maximum atomic E-state index is 10.9. The van der Waals surface area contributed by atoms with Crippen molar-refractivity contribution >= 4 is 16.7 Å². The lowest BCUT2D eigenvalue weighted by atomic mass is 10.2. The third-order valence-corrected chi connectivity index (χ3v) is 2.73. The Balaban J connectivity index is 1.99. The summed E-state index contributed by atoms with van der Waals surface area (Å²) in [5, 5.41) is 10.9. The highest BCUT2D eigenvalue weighted by molar-refractivity contribution is 5.75. The Bertz CT molecular complexity index is 789. The standard InChI is InChI=1S/C14H9N3O3/c18-17(19)13-3-1-2-4-14(13)20-10-5-6-11-12(9-10)16-8-7-15-11/h1-9H. The molecule has 0 aliphatic carbocycles. The number of nitro benzene ring substituents is 1. The van der Waals surface area contributed by atoms with E-state index in [1.807, 2.05) is 0 Å². The van der Waals surface area contributed by atoms with E-state index in [1.165, 1.54) is 6.07 Å². The molecule has 20 heavy (non-hydrogen) atoms. The van der Waals surface area contributed by atoms with Crippen LogP contribution in [0.3, 0.4) is 0 Å². The normalized spacial score (nSPS) is 10.4. The highest BCUT2D eigenvalue weighted by Gasteiger charge is 2.14. The predicted octanol–water partition coefficient (Wildman–Crippen LogP) is 3.33. The van der Waals surface area contributed by atoms with Crippen LogP contribution in [0.1, 0.15) is 0 Å². The van der Waals surface area contributed by atoms with Crippen LogP contribution in [0.15, 0.2) is 54.9 Å². The van der Waals surface area contributed by atoms with Gasteiger partial charge in [-0.2, -0.15) is 0 Å². The number of nitrogens with zero attached hydrogens (tertiary/aromatic N) is 3. The van der Waals surface area contributed by atoms with Crippen molar-refractivity contribution < 1.29 is 9.66 Å². The van der Waals surface area contributed by atoms with Gasteiger partial charge in [0.1, 0.15) is 5.75 Å². The summed E-state index contributed by atoms with van der Waals surface area (Å²) >= 11 is 0. The number of ether oxygens (including phenoxy) is 1. The van der Waals surface area contributed by atoms with Gasteiger partial charge >= 0.3 is 5.69 Å². The lowest BCUT2D eigenvalue weighted by molar-refractivity contribution is -0.385. The van der Waals surface area contributed by atoms with Crippen molar-refractivity contribution in [2.75, 3.05) is 0 Å². The van der Waals surface area contributed by atoms with Crippen molar-refractivity contribution in [1.82, 2.24) is 9.97 Å². The summed E-state index contributed by atoms with van der Waals surface area (Å²) < 4.78 is 5.57. The maximum absolute atomic E-state index is 10.9. The fourth-order valence-corrected chi connectivity index (χ4v) is 1.83. The fourth-order valence-electron chi connectivity index (χ4n) is 1.83. The zero-order chi connectivity index (χ0) is 13.9. The molecule has 2 aromatic carbocycles. The first-order chi connectivity index (χ1) is 9.74. The molecule has 0 atom stereocenters. The second-order valence-corrected chi connectivity index (χ2v) is 4.03. The number of hydrogen-bond donors (Lipinski definition) is 0. The molecule has 6 heteroatoms. The van der Waals surface area contributed by atoms with E-state index in [4.69, 9.17) is 4.74 Å². The Hall–Kier alpha value is -3.02. The van der Waals surface area contributed by atoms with Crippen LogP contribution in [0.4, 0.5) is 5.69 Å². The molecule has 3 aromatic rings. The Labute approximate surface area is 113 Å². The Morgan fingerprint density at radius 2 is 1.75 bits per heavy atom. The number of benzene rings is 2. The summed E-state index contributed by atoms with van der Waals surface area (Å²) in [4.78, 5) is 18.8. The van der Waals surface area contributed by atoms with Gasteiger partial charge in [-0.15, -0.1) is 0 Å². The van der Waals surface area contributed by atoms with Gasteiger partial charge in [0.25, 0.3) is 0 Å². The van der Waals surface area contributed by atoms with Gasteiger partial charge in [0.2, 0.25) is 5.75 Å². The number of hydrogen-bond acceptors (Lipinski definition) is 5. The molecule has 0 aliphatic heterocycles. The van der Waals surface area contributed by atoms with E-state index in [0.29, 0.717) is 11.3 Å². The first-order valence-electron chi connectivity index (χ1n) is 5.86. The average Bonchev–Trinajstić information content (AvgIpc) is 2.47. The molecule has 3 rings (SSSR count). The van der Waals surface area contributed by atoms with E-state index in [1.54, 1.807) is 48.8 Å². The van der Waals surface area contributed by atoms with Gasteiger partial charge in [-0.25, -0.2) is 0 Å². The Kier molecular flexibility index (Phi) is 2.96. The minimum absolute atomic E-state index is 0.0771. The van der Waals surface area contributed by atoms with Crippen LogP contribution in [0.25, 0.3) is 11.0 Å². The van der Waals surface area contributed by atoms with Gasteiger partial charge in [0.15, 0.2) is 0 Å². The smallest absolute Gasteiger partial charge is 0.311 e. The minimum Gasteiger partial charge on any atom is -0.450 e. The third kappa shape index (κ3) is 2.26. The molecule has 0 amide bonds. The molecular weight excluding hydrogens is 258 g/mol. The minimum atomic E-state index is -0.476. The molecule has 0 saturated carbocycles. The highest BCUT2D eigenvalue weighted by Crippen LogP contribution is 2.31. The molecule has 0 unspecified atom stereocenters. The zero-order valence-corrected chi connectivity index (χ0v) is 10.3. The number of aromatic nitrogens is 2. The quantitative estimate of drug-likeness (QED) is 0.537. The summed E-state index contributed by atoms with van der Waals surface area (Å²) in [6.07, 6.45) is 3.18. The van der Waals surface area contributed by atoms with Crippen molar-refractivity contribution in [3.05, 3.63) is 65.0 Å². The molecule has 0 saturated heterocycles. The molecule has 98 valence electrons. The van der Waals surface area contributed by atoms with Crippen LogP contribution < -0.4 is 4.74 Å². The van der Waals surface area contributed by atoms with Crippen molar-refractivity contribution in [1.29, 1.82) is 0 Å².